The second-order valence-corrected chi connectivity index (χ2v) is 7.60. The van der Waals surface area contributed by atoms with Crippen LogP contribution >= 0.6 is 11.8 Å². The maximum atomic E-state index is 12.5. The Morgan fingerprint density at radius 2 is 2.07 bits per heavy atom. The maximum Gasteiger partial charge on any atom is 0.358 e. The molecule has 3 rings (SSSR count). The first kappa shape index (κ1) is 20.6. The number of nitro benzene ring substituents is 1. The van der Waals surface area contributed by atoms with Crippen LogP contribution in [0.4, 0.5) is 5.69 Å². The van der Waals surface area contributed by atoms with Crippen LogP contribution in [0.2, 0.25) is 0 Å². The number of ether oxygens (including phenoxy) is 1. The molecule has 2 atom stereocenters. The predicted octanol–water partition coefficient (Wildman–Crippen LogP) is 1.61. The number of fused-ring (bicyclic) bond motifs is 1. The Morgan fingerprint density at radius 1 is 1.38 bits per heavy atom. The molecule has 0 radical (unpaired) electrons. The second-order valence-electron chi connectivity index (χ2n) is 6.50. The zero-order valence-electron chi connectivity index (χ0n) is 15.5. The summed E-state index contributed by atoms with van der Waals surface area (Å²) in [6.07, 6.45) is 0.946. The molecule has 2 aliphatic rings. The molecular weight excluding hydrogens is 402 g/mol. The monoisotopic (exact) mass is 421 g/mol. The van der Waals surface area contributed by atoms with E-state index in [1.165, 1.54) is 36.0 Å². The third kappa shape index (κ3) is 4.19. The summed E-state index contributed by atoms with van der Waals surface area (Å²) in [5.74, 6) is -1.77. The molecule has 2 aliphatic heterocycles. The lowest BCUT2D eigenvalue weighted by Crippen LogP contribution is -2.70. The number of β-lactam (4-membered cyclic amide) rings is 1. The van der Waals surface area contributed by atoms with Crippen LogP contribution in [0.25, 0.3) is 0 Å². The molecule has 0 bridgehead atoms. The van der Waals surface area contributed by atoms with Crippen molar-refractivity contribution in [3.63, 3.8) is 0 Å². The minimum atomic E-state index is -0.877. The minimum Gasteiger partial charge on any atom is -0.509 e. The summed E-state index contributed by atoms with van der Waals surface area (Å²) in [4.78, 5) is 48.0. The van der Waals surface area contributed by atoms with E-state index in [0.717, 1.165) is 4.90 Å². The predicted molar refractivity (Wildman–Crippen MR) is 102 cm³/mol. The van der Waals surface area contributed by atoms with Crippen molar-refractivity contribution in [3.8, 4) is 0 Å². The molecule has 29 heavy (non-hydrogen) atoms. The fourth-order valence-electron chi connectivity index (χ4n) is 3.00. The van der Waals surface area contributed by atoms with E-state index in [-0.39, 0.29) is 35.4 Å². The molecule has 0 saturated carbocycles. The number of carbonyl (C=O) groups excluding carboxylic acids is 3. The highest BCUT2D eigenvalue weighted by atomic mass is 32.2. The standard InChI is InChI=1S/C18H19N3O7S/c1-2-3-13(23)19-14-16(24)20-15(12(22)9-29-17(14)20)18(25)28-8-10-4-6-11(7-5-10)21(26)27/h4-7,14,17,22H,2-3,8-9H2,1H3,(H,19,23)/t14?,17-/m0/s1. The van der Waals surface area contributed by atoms with E-state index in [1.54, 1.807) is 0 Å². The van der Waals surface area contributed by atoms with E-state index in [4.69, 9.17) is 4.74 Å². The van der Waals surface area contributed by atoms with Gasteiger partial charge >= 0.3 is 5.97 Å². The van der Waals surface area contributed by atoms with E-state index < -0.39 is 28.2 Å². The summed E-state index contributed by atoms with van der Waals surface area (Å²) in [6.45, 7) is 1.67. The molecular formula is C18H19N3O7S. The molecule has 0 aromatic heterocycles. The number of thioether (sulfide) groups is 1. The fourth-order valence-corrected chi connectivity index (χ4v) is 4.20. The lowest BCUT2D eigenvalue weighted by Gasteiger charge is -2.48. The Bertz CT molecular complexity index is 884. The molecule has 1 aromatic carbocycles. The molecule has 11 heteroatoms. The van der Waals surface area contributed by atoms with Crippen LogP contribution in [0.3, 0.4) is 0 Å². The van der Waals surface area contributed by atoms with Crippen LogP contribution in [-0.4, -0.2) is 49.9 Å². The Morgan fingerprint density at radius 3 is 2.69 bits per heavy atom. The number of rotatable bonds is 7. The lowest BCUT2D eigenvalue weighted by molar-refractivity contribution is -0.384. The Hall–Kier alpha value is -3.08. The number of hydrogen-bond acceptors (Lipinski definition) is 8. The number of nitrogens with zero attached hydrogens (tertiary/aromatic N) is 2. The molecule has 1 aromatic rings. The first-order chi connectivity index (χ1) is 13.8. The largest absolute Gasteiger partial charge is 0.509 e. The van der Waals surface area contributed by atoms with Crippen molar-refractivity contribution >= 4 is 35.2 Å². The van der Waals surface area contributed by atoms with Crippen molar-refractivity contribution in [1.29, 1.82) is 0 Å². The van der Waals surface area contributed by atoms with E-state index in [0.29, 0.717) is 18.4 Å². The number of esters is 1. The summed E-state index contributed by atoms with van der Waals surface area (Å²) in [5.41, 5.74) is 0.196. The van der Waals surface area contributed by atoms with Gasteiger partial charge < -0.3 is 15.2 Å². The highest BCUT2D eigenvalue weighted by Crippen LogP contribution is 2.40. The van der Waals surface area contributed by atoms with Crippen LogP contribution in [-0.2, 0) is 25.7 Å². The lowest BCUT2D eigenvalue weighted by atomic mass is 10.0. The van der Waals surface area contributed by atoms with Gasteiger partial charge in [0, 0.05) is 18.6 Å². The van der Waals surface area contributed by atoms with Gasteiger partial charge in [-0.2, -0.15) is 0 Å². The summed E-state index contributed by atoms with van der Waals surface area (Å²) < 4.78 is 5.18. The molecule has 2 N–H and O–H groups in total. The number of non-ortho nitro benzene ring substituents is 1. The minimum absolute atomic E-state index is 0.0880. The summed E-state index contributed by atoms with van der Waals surface area (Å²) in [6, 6.07) is 4.73. The molecule has 1 unspecified atom stereocenters. The first-order valence-corrected chi connectivity index (χ1v) is 9.95. The highest BCUT2D eigenvalue weighted by molar-refractivity contribution is 8.00. The number of carbonyl (C=O) groups is 3. The molecule has 1 saturated heterocycles. The van der Waals surface area contributed by atoms with Crippen molar-refractivity contribution in [2.24, 2.45) is 0 Å². The first-order valence-electron chi connectivity index (χ1n) is 8.90. The van der Waals surface area contributed by atoms with Crippen LogP contribution in [0, 0.1) is 10.1 Å². The van der Waals surface area contributed by atoms with Gasteiger partial charge in [0.1, 0.15) is 23.8 Å². The topological polar surface area (TPSA) is 139 Å². The van der Waals surface area contributed by atoms with Crippen molar-refractivity contribution < 1.29 is 29.2 Å². The Kier molecular flexibility index (Phi) is 6.06. The quantitative estimate of drug-likeness (QED) is 0.293. The number of benzene rings is 1. The summed E-state index contributed by atoms with van der Waals surface area (Å²) in [5, 5.41) is 23.0. The molecule has 2 amide bonds. The molecule has 0 spiro atoms. The van der Waals surface area contributed by atoms with Gasteiger partial charge in [0.25, 0.3) is 11.6 Å². The molecule has 2 heterocycles. The number of nitrogens with one attached hydrogen (secondary N) is 1. The average molecular weight is 421 g/mol. The zero-order valence-corrected chi connectivity index (χ0v) is 16.3. The zero-order chi connectivity index (χ0) is 21.1. The van der Waals surface area contributed by atoms with Gasteiger partial charge in [-0.25, -0.2) is 4.79 Å². The van der Waals surface area contributed by atoms with Crippen molar-refractivity contribution in [2.75, 3.05) is 5.75 Å². The molecule has 0 aliphatic carbocycles. The van der Waals surface area contributed by atoms with Crippen molar-refractivity contribution in [2.45, 2.75) is 37.8 Å². The third-order valence-electron chi connectivity index (χ3n) is 4.45. The van der Waals surface area contributed by atoms with E-state index in [2.05, 4.69) is 5.32 Å². The summed E-state index contributed by atoms with van der Waals surface area (Å²) in [7, 11) is 0. The normalized spacial score (nSPS) is 20.6. The van der Waals surface area contributed by atoms with Crippen LogP contribution < -0.4 is 5.32 Å². The number of aliphatic hydroxyl groups is 1. The number of aliphatic hydroxyl groups excluding tert-OH is 1. The van der Waals surface area contributed by atoms with Crippen LogP contribution in [0.5, 0.6) is 0 Å². The summed E-state index contributed by atoms with van der Waals surface area (Å²) >= 11 is 1.24. The smallest absolute Gasteiger partial charge is 0.358 e. The number of hydrogen-bond donors (Lipinski definition) is 2. The SMILES string of the molecule is CCCC(=O)NC1C(=O)N2C(C(=O)OCc3ccc([N+](=O)[O-])cc3)=C(O)CS[C@@H]12. The van der Waals surface area contributed by atoms with Crippen molar-refractivity contribution in [1.82, 2.24) is 10.2 Å². The van der Waals surface area contributed by atoms with Gasteiger partial charge in [-0.3, -0.25) is 24.6 Å². The number of nitro groups is 1. The van der Waals surface area contributed by atoms with Gasteiger partial charge in [0.05, 0.1) is 10.7 Å². The molecule has 10 nitrogen and oxygen atoms in total. The number of amides is 2. The third-order valence-corrected chi connectivity index (χ3v) is 5.72. The van der Waals surface area contributed by atoms with Gasteiger partial charge in [-0.1, -0.05) is 6.92 Å². The van der Waals surface area contributed by atoms with E-state index >= 15 is 0 Å². The van der Waals surface area contributed by atoms with Gasteiger partial charge in [-0.15, -0.1) is 11.8 Å². The van der Waals surface area contributed by atoms with Gasteiger partial charge in [0.2, 0.25) is 5.91 Å². The molecule has 1 fully saturated rings. The van der Waals surface area contributed by atoms with Gasteiger partial charge in [0.15, 0.2) is 5.70 Å². The van der Waals surface area contributed by atoms with Crippen LogP contribution in [0.1, 0.15) is 25.3 Å². The second kappa shape index (κ2) is 8.52. The average Bonchev–Trinajstić information content (AvgIpc) is 2.70. The highest BCUT2D eigenvalue weighted by Gasteiger charge is 2.54. The maximum absolute atomic E-state index is 12.5. The van der Waals surface area contributed by atoms with Crippen LogP contribution in [0.15, 0.2) is 35.7 Å². The molecule has 154 valence electrons. The Balaban J connectivity index is 1.65. The van der Waals surface area contributed by atoms with E-state index in [9.17, 15) is 29.6 Å². The van der Waals surface area contributed by atoms with E-state index in [1.807, 2.05) is 6.92 Å². The Labute approximate surface area is 170 Å². The van der Waals surface area contributed by atoms with Crippen molar-refractivity contribution in [3.05, 3.63) is 51.4 Å². The van der Waals surface area contributed by atoms with Gasteiger partial charge in [-0.05, 0) is 24.1 Å². The fraction of sp³-hybridized carbons (Fsp3) is 0.389.